The van der Waals surface area contributed by atoms with Crippen LogP contribution in [0.15, 0.2) is 59.5 Å². The molecule has 9 heteroatoms. The van der Waals surface area contributed by atoms with E-state index < -0.39 is 5.97 Å². The summed E-state index contributed by atoms with van der Waals surface area (Å²) in [7, 11) is 0. The number of hydrogen-bond donors (Lipinski definition) is 2. The van der Waals surface area contributed by atoms with Crippen molar-refractivity contribution in [1.82, 2.24) is 19.6 Å². The maximum Gasteiger partial charge on any atom is 0.342 e. The van der Waals surface area contributed by atoms with Gasteiger partial charge in [0, 0.05) is 11.8 Å². The molecule has 0 aliphatic heterocycles. The number of nitrogens with zero attached hydrogens (tertiary/aromatic N) is 4. The summed E-state index contributed by atoms with van der Waals surface area (Å²) in [5, 5.41) is 17.2. The SMILES string of the molecule is O=C(O)c1cnn2c(-c3ccc(Nc4nc5ccccc5s4)nc3)coc12. The summed E-state index contributed by atoms with van der Waals surface area (Å²) in [6, 6.07) is 11.6. The number of oxazole rings is 1. The van der Waals surface area contributed by atoms with E-state index in [2.05, 4.69) is 20.4 Å². The lowest BCUT2D eigenvalue weighted by Gasteiger charge is -2.02. The number of aromatic nitrogens is 4. The van der Waals surface area contributed by atoms with E-state index in [9.17, 15) is 4.79 Å². The Balaban J connectivity index is 1.44. The molecule has 27 heavy (non-hydrogen) atoms. The minimum Gasteiger partial charge on any atom is -0.477 e. The highest BCUT2D eigenvalue weighted by molar-refractivity contribution is 7.22. The molecule has 0 radical (unpaired) electrons. The van der Waals surface area contributed by atoms with Gasteiger partial charge in [0.2, 0.25) is 5.71 Å². The van der Waals surface area contributed by atoms with Crippen LogP contribution in [-0.4, -0.2) is 30.7 Å². The molecule has 0 unspecified atom stereocenters. The van der Waals surface area contributed by atoms with Crippen LogP contribution in [0.3, 0.4) is 0 Å². The van der Waals surface area contributed by atoms with Gasteiger partial charge in [0.15, 0.2) is 5.13 Å². The van der Waals surface area contributed by atoms with Crippen LogP contribution in [-0.2, 0) is 0 Å². The molecule has 0 spiro atoms. The average molecular weight is 377 g/mol. The minimum absolute atomic E-state index is 0.0170. The molecule has 4 aromatic heterocycles. The first-order valence-corrected chi connectivity index (χ1v) is 8.78. The number of para-hydroxylation sites is 1. The molecule has 0 fully saturated rings. The summed E-state index contributed by atoms with van der Waals surface area (Å²) in [6.45, 7) is 0. The van der Waals surface area contributed by atoms with Crippen molar-refractivity contribution in [3.63, 3.8) is 0 Å². The molecule has 2 N–H and O–H groups in total. The lowest BCUT2D eigenvalue weighted by atomic mass is 10.2. The van der Waals surface area contributed by atoms with Gasteiger partial charge in [-0.3, -0.25) is 0 Å². The molecule has 0 amide bonds. The van der Waals surface area contributed by atoms with Crippen LogP contribution in [0.4, 0.5) is 10.9 Å². The topological polar surface area (TPSA) is 106 Å². The summed E-state index contributed by atoms with van der Waals surface area (Å²) in [6.07, 6.45) is 4.40. The number of aromatic carboxylic acids is 1. The molecule has 4 heterocycles. The molecule has 0 aliphatic rings. The number of fused-ring (bicyclic) bond motifs is 2. The fraction of sp³-hybridized carbons (Fsp3) is 0. The largest absolute Gasteiger partial charge is 0.477 e. The molecular formula is C18H11N5O3S. The van der Waals surface area contributed by atoms with Gasteiger partial charge in [-0.15, -0.1) is 0 Å². The Bertz CT molecular complexity index is 1250. The van der Waals surface area contributed by atoms with E-state index in [0.29, 0.717) is 11.5 Å². The van der Waals surface area contributed by atoms with E-state index in [1.165, 1.54) is 17.0 Å². The Morgan fingerprint density at radius 1 is 1.19 bits per heavy atom. The summed E-state index contributed by atoms with van der Waals surface area (Å²) in [4.78, 5) is 20.1. The molecule has 5 aromatic rings. The quantitative estimate of drug-likeness (QED) is 0.487. The number of pyridine rings is 1. The normalized spacial score (nSPS) is 11.3. The zero-order valence-electron chi connectivity index (χ0n) is 13.7. The molecule has 5 rings (SSSR count). The van der Waals surface area contributed by atoms with E-state index in [1.54, 1.807) is 17.5 Å². The zero-order valence-corrected chi connectivity index (χ0v) is 14.5. The number of hydrogen-bond acceptors (Lipinski definition) is 7. The first-order valence-electron chi connectivity index (χ1n) is 7.96. The molecular weight excluding hydrogens is 366 g/mol. The van der Waals surface area contributed by atoms with Gasteiger partial charge in [-0.1, -0.05) is 23.5 Å². The second-order valence-corrected chi connectivity index (χ2v) is 6.78. The van der Waals surface area contributed by atoms with Crippen molar-refractivity contribution >= 4 is 44.2 Å². The Hall–Kier alpha value is -3.72. The molecule has 0 saturated heterocycles. The fourth-order valence-electron chi connectivity index (χ4n) is 2.78. The number of anilines is 2. The van der Waals surface area contributed by atoms with Gasteiger partial charge < -0.3 is 14.8 Å². The monoisotopic (exact) mass is 377 g/mol. The lowest BCUT2D eigenvalue weighted by molar-refractivity contribution is 0.0698. The highest BCUT2D eigenvalue weighted by Crippen LogP contribution is 2.29. The molecule has 0 atom stereocenters. The first kappa shape index (κ1) is 15.5. The highest BCUT2D eigenvalue weighted by Gasteiger charge is 2.18. The van der Waals surface area contributed by atoms with Crippen molar-refractivity contribution in [3.05, 3.63) is 60.6 Å². The standard InChI is InChI=1S/C18H11N5O3S/c24-17(25)11-8-20-23-13(9-26-16(11)23)10-5-6-15(19-7-10)22-18-21-12-3-1-2-4-14(12)27-18/h1-9H,(H,24,25)(H,19,21,22). The van der Waals surface area contributed by atoms with E-state index in [1.807, 2.05) is 36.4 Å². The minimum atomic E-state index is -1.08. The Morgan fingerprint density at radius 3 is 2.85 bits per heavy atom. The third-order valence-electron chi connectivity index (χ3n) is 4.05. The second-order valence-electron chi connectivity index (χ2n) is 5.75. The van der Waals surface area contributed by atoms with Crippen LogP contribution in [0.2, 0.25) is 0 Å². The Labute approximate surface area is 155 Å². The predicted octanol–water partition coefficient (Wildman–Crippen LogP) is 4.04. The molecule has 0 bridgehead atoms. The smallest absolute Gasteiger partial charge is 0.342 e. The van der Waals surface area contributed by atoms with Crippen LogP contribution < -0.4 is 5.32 Å². The molecule has 0 saturated carbocycles. The van der Waals surface area contributed by atoms with Crippen LogP contribution in [0, 0.1) is 0 Å². The van der Waals surface area contributed by atoms with Crippen molar-refractivity contribution in [2.75, 3.05) is 5.32 Å². The van der Waals surface area contributed by atoms with E-state index in [-0.39, 0.29) is 11.3 Å². The molecule has 1 aromatic carbocycles. The summed E-state index contributed by atoms with van der Waals surface area (Å²) in [5.41, 5.74) is 2.52. The molecule has 8 nitrogen and oxygen atoms in total. The van der Waals surface area contributed by atoms with Gasteiger partial charge in [-0.05, 0) is 24.3 Å². The Kier molecular flexibility index (Phi) is 3.41. The third-order valence-corrected chi connectivity index (χ3v) is 5.01. The van der Waals surface area contributed by atoms with Gasteiger partial charge in [0.05, 0.1) is 16.4 Å². The number of nitrogens with one attached hydrogen (secondary N) is 1. The van der Waals surface area contributed by atoms with Gasteiger partial charge in [0.1, 0.15) is 23.3 Å². The summed E-state index contributed by atoms with van der Waals surface area (Å²) in [5.74, 6) is -0.427. The average Bonchev–Trinajstić information content (AvgIpc) is 3.36. The van der Waals surface area contributed by atoms with Crippen molar-refractivity contribution in [2.24, 2.45) is 0 Å². The first-order chi connectivity index (χ1) is 13.2. The zero-order chi connectivity index (χ0) is 18.4. The maximum absolute atomic E-state index is 11.2. The van der Waals surface area contributed by atoms with Gasteiger partial charge in [-0.2, -0.15) is 9.61 Å². The van der Waals surface area contributed by atoms with Gasteiger partial charge in [-0.25, -0.2) is 14.8 Å². The third kappa shape index (κ3) is 2.61. The van der Waals surface area contributed by atoms with Crippen molar-refractivity contribution in [2.45, 2.75) is 0 Å². The van der Waals surface area contributed by atoms with Crippen LogP contribution >= 0.6 is 11.3 Å². The van der Waals surface area contributed by atoms with E-state index >= 15 is 0 Å². The summed E-state index contributed by atoms with van der Waals surface area (Å²) < 4.78 is 7.91. The van der Waals surface area contributed by atoms with Crippen molar-refractivity contribution in [1.29, 1.82) is 0 Å². The van der Waals surface area contributed by atoms with Crippen molar-refractivity contribution in [3.8, 4) is 11.3 Å². The second kappa shape index (κ2) is 5.92. The number of rotatable bonds is 4. The lowest BCUT2D eigenvalue weighted by Crippen LogP contribution is -1.94. The predicted molar refractivity (Wildman–Crippen MR) is 101 cm³/mol. The fourth-order valence-corrected chi connectivity index (χ4v) is 3.65. The molecule has 132 valence electrons. The number of carboxylic acids is 1. The maximum atomic E-state index is 11.2. The van der Waals surface area contributed by atoms with E-state index in [0.717, 1.165) is 20.9 Å². The number of benzene rings is 1. The number of carbonyl (C=O) groups is 1. The van der Waals surface area contributed by atoms with Gasteiger partial charge in [0.25, 0.3) is 0 Å². The highest BCUT2D eigenvalue weighted by atomic mass is 32.1. The number of carboxylic acid groups (broad SMARTS) is 1. The van der Waals surface area contributed by atoms with E-state index in [4.69, 9.17) is 9.52 Å². The summed E-state index contributed by atoms with van der Waals surface area (Å²) >= 11 is 1.55. The number of thiazole rings is 1. The van der Waals surface area contributed by atoms with Crippen LogP contribution in [0.25, 0.3) is 27.2 Å². The van der Waals surface area contributed by atoms with Crippen LogP contribution in [0.1, 0.15) is 10.4 Å². The molecule has 0 aliphatic carbocycles. The Morgan fingerprint density at radius 2 is 2.07 bits per heavy atom. The van der Waals surface area contributed by atoms with Crippen LogP contribution in [0.5, 0.6) is 0 Å². The van der Waals surface area contributed by atoms with Gasteiger partial charge >= 0.3 is 5.97 Å². The van der Waals surface area contributed by atoms with Crippen molar-refractivity contribution < 1.29 is 14.3 Å².